The van der Waals surface area contributed by atoms with Crippen molar-refractivity contribution in [3.8, 4) is 0 Å². The van der Waals surface area contributed by atoms with Crippen molar-refractivity contribution in [3.63, 3.8) is 0 Å². The average Bonchev–Trinajstić information content (AvgIpc) is 2.88. The smallest absolute Gasteiger partial charge is 0.256 e. The maximum Gasteiger partial charge on any atom is 0.256 e. The molecule has 0 radical (unpaired) electrons. The van der Waals surface area contributed by atoms with E-state index in [-0.39, 0.29) is 5.91 Å². The van der Waals surface area contributed by atoms with Gasteiger partial charge in [-0.1, -0.05) is 67.9 Å². The van der Waals surface area contributed by atoms with Gasteiger partial charge < -0.3 is 14.9 Å². The number of aryl methyl sites for hydroxylation is 2. The molecule has 4 nitrogen and oxygen atoms in total. The molecule has 1 unspecified atom stereocenters. The van der Waals surface area contributed by atoms with Crippen molar-refractivity contribution in [1.82, 2.24) is 9.80 Å². The fourth-order valence-corrected chi connectivity index (χ4v) is 5.77. The van der Waals surface area contributed by atoms with E-state index in [9.17, 15) is 9.90 Å². The summed E-state index contributed by atoms with van der Waals surface area (Å²) in [6.45, 7) is 5.76. The highest BCUT2D eigenvalue weighted by molar-refractivity contribution is 6.10. The van der Waals surface area contributed by atoms with E-state index in [1.807, 2.05) is 36.4 Å². The van der Waals surface area contributed by atoms with Crippen molar-refractivity contribution in [2.75, 3.05) is 26.2 Å². The summed E-state index contributed by atoms with van der Waals surface area (Å²) in [5.41, 5.74) is 4.46. The van der Waals surface area contributed by atoms with Crippen molar-refractivity contribution < 1.29 is 9.90 Å². The Labute approximate surface area is 203 Å². The van der Waals surface area contributed by atoms with Gasteiger partial charge in [-0.2, -0.15) is 0 Å². The highest BCUT2D eigenvalue weighted by atomic mass is 16.3. The standard InChI is InChI=1S/C30H36N2O2/c1-2-22-7-3-9-24(21-22)10-4-8-23-15-17-31(18-16-23)19-20-32-29(33)26-13-5-11-25-12-6-14-27(28(25)26)30(32)34/h3,5-7,9,11-14,21,23,29,33H,2,4,8,10,15-20H2,1H3. The third-order valence-corrected chi connectivity index (χ3v) is 7.84. The Hall–Kier alpha value is -2.69. The van der Waals surface area contributed by atoms with Crippen LogP contribution in [0.4, 0.5) is 0 Å². The largest absolute Gasteiger partial charge is 0.369 e. The Morgan fingerprint density at radius 2 is 1.68 bits per heavy atom. The maximum absolute atomic E-state index is 13.2. The second-order valence-corrected chi connectivity index (χ2v) is 9.97. The molecule has 1 N–H and O–H groups in total. The number of rotatable bonds is 8. The van der Waals surface area contributed by atoms with Gasteiger partial charge in [-0.05, 0) is 73.7 Å². The first kappa shape index (κ1) is 23.1. The van der Waals surface area contributed by atoms with Crippen LogP contribution in [0.5, 0.6) is 0 Å². The van der Waals surface area contributed by atoms with Crippen LogP contribution in [0.15, 0.2) is 60.7 Å². The zero-order chi connectivity index (χ0) is 23.5. The van der Waals surface area contributed by atoms with Crippen molar-refractivity contribution in [1.29, 1.82) is 0 Å². The van der Waals surface area contributed by atoms with E-state index in [0.29, 0.717) is 12.1 Å². The number of carbonyl (C=O) groups is 1. The van der Waals surface area contributed by atoms with Crippen LogP contribution < -0.4 is 0 Å². The normalized spacial score (nSPS) is 19.2. The predicted molar refractivity (Wildman–Crippen MR) is 138 cm³/mol. The molecule has 2 aliphatic rings. The molecule has 3 aromatic rings. The number of aliphatic hydroxyl groups is 1. The summed E-state index contributed by atoms with van der Waals surface area (Å²) in [5, 5.41) is 12.9. The number of hydrogen-bond donors (Lipinski definition) is 1. The molecular formula is C30H36N2O2. The van der Waals surface area contributed by atoms with Gasteiger partial charge in [0.25, 0.3) is 5.91 Å². The topological polar surface area (TPSA) is 43.8 Å². The van der Waals surface area contributed by atoms with Gasteiger partial charge in [-0.3, -0.25) is 4.79 Å². The minimum Gasteiger partial charge on any atom is -0.369 e. The fraction of sp³-hybridized carbons (Fsp3) is 0.433. The first-order chi connectivity index (χ1) is 16.6. The number of amides is 1. The molecule has 1 amide bonds. The van der Waals surface area contributed by atoms with E-state index in [1.54, 1.807) is 4.90 Å². The van der Waals surface area contributed by atoms with Crippen LogP contribution >= 0.6 is 0 Å². The predicted octanol–water partition coefficient (Wildman–Crippen LogP) is 5.58. The minimum absolute atomic E-state index is 0.0566. The Balaban J connectivity index is 1.10. The number of likely N-dealkylation sites (tertiary alicyclic amines) is 1. The van der Waals surface area contributed by atoms with Gasteiger partial charge in [-0.25, -0.2) is 0 Å². The minimum atomic E-state index is -0.866. The van der Waals surface area contributed by atoms with Crippen LogP contribution in [0.1, 0.15) is 65.9 Å². The zero-order valence-electron chi connectivity index (χ0n) is 20.2. The van der Waals surface area contributed by atoms with E-state index in [1.165, 1.54) is 43.2 Å². The molecular weight excluding hydrogens is 420 g/mol. The number of hydrogen-bond acceptors (Lipinski definition) is 3. The number of carbonyl (C=O) groups excluding carboxylic acids is 1. The molecule has 1 fully saturated rings. The van der Waals surface area contributed by atoms with Crippen molar-refractivity contribution in [2.24, 2.45) is 5.92 Å². The van der Waals surface area contributed by atoms with Crippen LogP contribution in [-0.4, -0.2) is 47.0 Å². The maximum atomic E-state index is 13.2. The Kier molecular flexibility index (Phi) is 6.98. The summed E-state index contributed by atoms with van der Waals surface area (Å²) in [5.74, 6) is 0.746. The van der Waals surface area contributed by atoms with Crippen LogP contribution in [0, 0.1) is 5.92 Å². The summed E-state index contributed by atoms with van der Waals surface area (Å²) >= 11 is 0. The molecule has 34 heavy (non-hydrogen) atoms. The molecule has 0 bridgehead atoms. The molecule has 0 aliphatic carbocycles. The summed E-state index contributed by atoms with van der Waals surface area (Å²) in [4.78, 5) is 17.3. The molecule has 2 aliphatic heterocycles. The quantitative estimate of drug-likeness (QED) is 0.481. The summed E-state index contributed by atoms with van der Waals surface area (Å²) in [7, 11) is 0. The van der Waals surface area contributed by atoms with Crippen molar-refractivity contribution in [2.45, 2.75) is 51.7 Å². The third kappa shape index (κ3) is 4.75. The van der Waals surface area contributed by atoms with E-state index in [4.69, 9.17) is 0 Å². The monoisotopic (exact) mass is 456 g/mol. The highest BCUT2D eigenvalue weighted by Gasteiger charge is 2.33. The molecule has 5 rings (SSSR count). The van der Waals surface area contributed by atoms with Crippen molar-refractivity contribution >= 4 is 16.7 Å². The van der Waals surface area contributed by atoms with Crippen molar-refractivity contribution in [3.05, 3.63) is 82.9 Å². The van der Waals surface area contributed by atoms with E-state index in [0.717, 1.165) is 48.3 Å². The van der Waals surface area contributed by atoms with Crippen LogP contribution in [0.25, 0.3) is 10.8 Å². The third-order valence-electron chi connectivity index (χ3n) is 7.84. The molecule has 3 aromatic carbocycles. The van der Waals surface area contributed by atoms with E-state index in [2.05, 4.69) is 36.1 Å². The lowest BCUT2D eigenvalue weighted by molar-refractivity contribution is -0.000247. The fourth-order valence-electron chi connectivity index (χ4n) is 5.77. The van der Waals surface area contributed by atoms with E-state index >= 15 is 0 Å². The lowest BCUT2D eigenvalue weighted by Crippen LogP contribution is -2.44. The Morgan fingerprint density at radius 1 is 0.941 bits per heavy atom. The molecule has 178 valence electrons. The molecule has 0 saturated carbocycles. The molecule has 0 aromatic heterocycles. The molecule has 2 heterocycles. The van der Waals surface area contributed by atoms with E-state index < -0.39 is 6.23 Å². The zero-order valence-corrected chi connectivity index (χ0v) is 20.2. The summed E-state index contributed by atoms with van der Waals surface area (Å²) in [6, 6.07) is 20.8. The van der Waals surface area contributed by atoms with Gasteiger partial charge in [0.2, 0.25) is 0 Å². The number of nitrogens with zero attached hydrogens (tertiary/aromatic N) is 2. The number of piperidine rings is 1. The second kappa shape index (κ2) is 10.3. The first-order valence-electron chi connectivity index (χ1n) is 12.9. The van der Waals surface area contributed by atoms with Gasteiger partial charge >= 0.3 is 0 Å². The SMILES string of the molecule is CCc1cccc(CCCC2CCN(CCN3C(=O)c4cccc5cccc(c45)C3O)CC2)c1. The van der Waals surface area contributed by atoms with Gasteiger partial charge in [0.15, 0.2) is 6.23 Å². The summed E-state index contributed by atoms with van der Waals surface area (Å²) < 4.78 is 0. The number of aliphatic hydroxyl groups excluding tert-OH is 1. The van der Waals surface area contributed by atoms with Gasteiger partial charge in [0.05, 0.1) is 0 Å². The van der Waals surface area contributed by atoms with Gasteiger partial charge in [0.1, 0.15) is 0 Å². The first-order valence-corrected chi connectivity index (χ1v) is 12.9. The average molecular weight is 457 g/mol. The molecule has 1 saturated heterocycles. The van der Waals surface area contributed by atoms with Gasteiger partial charge in [0, 0.05) is 29.6 Å². The molecule has 4 heteroatoms. The number of benzene rings is 3. The lowest BCUT2D eigenvalue weighted by Gasteiger charge is -2.37. The van der Waals surface area contributed by atoms with Crippen LogP contribution in [-0.2, 0) is 12.8 Å². The Morgan fingerprint density at radius 3 is 2.47 bits per heavy atom. The molecule has 0 spiro atoms. The summed E-state index contributed by atoms with van der Waals surface area (Å²) in [6.07, 6.45) is 6.44. The highest BCUT2D eigenvalue weighted by Crippen LogP contribution is 2.35. The lowest BCUT2D eigenvalue weighted by atomic mass is 9.90. The second-order valence-electron chi connectivity index (χ2n) is 9.97. The van der Waals surface area contributed by atoms with Gasteiger partial charge in [-0.15, -0.1) is 0 Å². The Bertz CT molecular complexity index is 1140. The van der Waals surface area contributed by atoms with Crippen LogP contribution in [0.3, 0.4) is 0 Å². The van der Waals surface area contributed by atoms with Crippen LogP contribution in [0.2, 0.25) is 0 Å². The molecule has 1 atom stereocenters.